The number of hydrogen-bond donors (Lipinski definition) is 2. The third-order valence-electron chi connectivity index (χ3n) is 3.86. The first-order chi connectivity index (χ1) is 11.4. The summed E-state index contributed by atoms with van der Waals surface area (Å²) in [6, 6.07) is 15.0. The molecule has 2 aromatic carbocycles. The van der Waals surface area contributed by atoms with E-state index < -0.39 is 11.7 Å². The van der Waals surface area contributed by atoms with Crippen molar-refractivity contribution in [1.29, 1.82) is 0 Å². The summed E-state index contributed by atoms with van der Waals surface area (Å²) in [4.78, 5) is 0. The SMILES string of the molecule is C[C@H](Cc1cccc(C(F)(F)F)c1)N[C@@H](CO)Cc1ccccc1. The Balaban J connectivity index is 1.95. The molecule has 0 aromatic heterocycles. The lowest BCUT2D eigenvalue weighted by molar-refractivity contribution is -0.137. The van der Waals surface area contributed by atoms with Crippen LogP contribution in [0, 0.1) is 0 Å². The Kier molecular flexibility index (Phi) is 6.40. The molecular weight excluding hydrogens is 315 g/mol. The lowest BCUT2D eigenvalue weighted by atomic mass is 10.0. The Bertz CT molecular complexity index is 628. The lowest BCUT2D eigenvalue weighted by Crippen LogP contribution is -2.41. The van der Waals surface area contributed by atoms with E-state index >= 15 is 0 Å². The van der Waals surface area contributed by atoms with Gasteiger partial charge in [-0.25, -0.2) is 0 Å². The highest BCUT2D eigenvalue weighted by Gasteiger charge is 2.30. The largest absolute Gasteiger partial charge is 0.416 e. The lowest BCUT2D eigenvalue weighted by Gasteiger charge is -2.22. The van der Waals surface area contributed by atoms with Gasteiger partial charge in [0.2, 0.25) is 0 Å². The van der Waals surface area contributed by atoms with Crippen LogP contribution < -0.4 is 5.32 Å². The second-order valence-corrected chi connectivity index (χ2v) is 6.04. The van der Waals surface area contributed by atoms with Crippen molar-refractivity contribution >= 4 is 0 Å². The van der Waals surface area contributed by atoms with Gasteiger partial charge in [0.15, 0.2) is 0 Å². The Morgan fingerprint density at radius 1 is 0.958 bits per heavy atom. The molecule has 0 fully saturated rings. The molecule has 130 valence electrons. The van der Waals surface area contributed by atoms with Crippen LogP contribution in [0.1, 0.15) is 23.6 Å². The average molecular weight is 337 g/mol. The first-order valence-electron chi connectivity index (χ1n) is 7.95. The molecule has 2 aromatic rings. The summed E-state index contributed by atoms with van der Waals surface area (Å²) in [5, 5.41) is 12.8. The zero-order chi connectivity index (χ0) is 17.6. The zero-order valence-corrected chi connectivity index (χ0v) is 13.6. The maximum atomic E-state index is 12.8. The standard InChI is InChI=1S/C19H22F3NO/c1-14(10-16-8-5-9-17(11-16)19(20,21)22)23-18(13-24)12-15-6-3-2-4-7-15/h2-9,11,14,18,23-24H,10,12-13H2,1H3/t14-,18-/m1/s1. The fourth-order valence-corrected chi connectivity index (χ4v) is 2.76. The molecule has 0 unspecified atom stereocenters. The Hall–Kier alpha value is -1.85. The number of rotatable bonds is 7. The normalized spacial score (nSPS) is 14.4. The van der Waals surface area contributed by atoms with Gasteiger partial charge in [0.1, 0.15) is 0 Å². The van der Waals surface area contributed by atoms with Gasteiger partial charge in [-0.1, -0.05) is 48.5 Å². The molecule has 0 bridgehead atoms. The van der Waals surface area contributed by atoms with E-state index in [4.69, 9.17) is 0 Å². The van der Waals surface area contributed by atoms with Crippen molar-refractivity contribution in [3.8, 4) is 0 Å². The fourth-order valence-electron chi connectivity index (χ4n) is 2.76. The zero-order valence-electron chi connectivity index (χ0n) is 13.6. The van der Waals surface area contributed by atoms with Crippen LogP contribution in [0.15, 0.2) is 54.6 Å². The first kappa shape index (κ1) is 18.5. The second-order valence-electron chi connectivity index (χ2n) is 6.04. The summed E-state index contributed by atoms with van der Waals surface area (Å²) in [6.07, 6.45) is -3.19. The number of hydrogen-bond acceptors (Lipinski definition) is 2. The molecule has 0 heterocycles. The minimum Gasteiger partial charge on any atom is -0.395 e. The summed E-state index contributed by atoms with van der Waals surface area (Å²) in [5.41, 5.74) is 1.10. The van der Waals surface area contributed by atoms with E-state index in [2.05, 4.69) is 5.32 Å². The van der Waals surface area contributed by atoms with Crippen molar-refractivity contribution in [2.45, 2.75) is 38.0 Å². The van der Waals surface area contributed by atoms with Crippen LogP contribution in [0.5, 0.6) is 0 Å². The molecule has 2 atom stereocenters. The fraction of sp³-hybridized carbons (Fsp3) is 0.368. The summed E-state index contributed by atoms with van der Waals surface area (Å²) in [5.74, 6) is 0. The molecule has 5 heteroatoms. The molecule has 2 N–H and O–H groups in total. The molecule has 0 aliphatic heterocycles. The van der Waals surface area contributed by atoms with Gasteiger partial charge in [0, 0.05) is 12.1 Å². The predicted octanol–water partition coefficient (Wildman–Crippen LogP) is 3.83. The van der Waals surface area contributed by atoms with Crippen molar-refractivity contribution in [3.63, 3.8) is 0 Å². The quantitative estimate of drug-likeness (QED) is 0.805. The van der Waals surface area contributed by atoms with Crippen molar-refractivity contribution in [1.82, 2.24) is 5.32 Å². The van der Waals surface area contributed by atoms with E-state index in [0.717, 1.165) is 11.6 Å². The monoisotopic (exact) mass is 337 g/mol. The van der Waals surface area contributed by atoms with Gasteiger partial charge in [0.25, 0.3) is 0 Å². The van der Waals surface area contributed by atoms with Crippen LogP contribution in [0.3, 0.4) is 0 Å². The van der Waals surface area contributed by atoms with Crippen molar-refractivity contribution in [2.24, 2.45) is 0 Å². The highest BCUT2D eigenvalue weighted by Crippen LogP contribution is 2.29. The Morgan fingerprint density at radius 2 is 1.62 bits per heavy atom. The van der Waals surface area contributed by atoms with Gasteiger partial charge in [-0.15, -0.1) is 0 Å². The minimum absolute atomic E-state index is 0.0260. The van der Waals surface area contributed by atoms with E-state index in [1.807, 2.05) is 37.3 Å². The number of aliphatic hydroxyl groups is 1. The molecule has 0 spiro atoms. The van der Waals surface area contributed by atoms with E-state index in [1.54, 1.807) is 6.07 Å². The summed E-state index contributed by atoms with van der Waals surface area (Å²) in [7, 11) is 0. The van der Waals surface area contributed by atoms with E-state index in [-0.39, 0.29) is 18.7 Å². The van der Waals surface area contributed by atoms with Crippen LogP contribution in [0.25, 0.3) is 0 Å². The molecule has 2 nitrogen and oxygen atoms in total. The van der Waals surface area contributed by atoms with Gasteiger partial charge in [0.05, 0.1) is 12.2 Å². The molecule has 0 saturated carbocycles. The molecule has 2 rings (SSSR count). The van der Waals surface area contributed by atoms with Gasteiger partial charge < -0.3 is 10.4 Å². The Morgan fingerprint density at radius 3 is 2.25 bits per heavy atom. The second kappa shape index (κ2) is 8.31. The summed E-state index contributed by atoms with van der Waals surface area (Å²) < 4.78 is 38.3. The summed E-state index contributed by atoms with van der Waals surface area (Å²) in [6.45, 7) is 1.88. The number of nitrogens with one attached hydrogen (secondary N) is 1. The van der Waals surface area contributed by atoms with Crippen LogP contribution in [0.4, 0.5) is 13.2 Å². The van der Waals surface area contributed by atoms with Crippen molar-refractivity contribution in [2.75, 3.05) is 6.61 Å². The highest BCUT2D eigenvalue weighted by molar-refractivity contribution is 5.26. The molecule has 0 saturated heterocycles. The van der Waals surface area contributed by atoms with Crippen LogP contribution in [-0.4, -0.2) is 23.8 Å². The number of halogens is 3. The van der Waals surface area contributed by atoms with Gasteiger partial charge >= 0.3 is 6.18 Å². The maximum absolute atomic E-state index is 12.8. The van der Waals surface area contributed by atoms with Crippen LogP contribution in [-0.2, 0) is 19.0 Å². The maximum Gasteiger partial charge on any atom is 0.416 e. The average Bonchev–Trinajstić information content (AvgIpc) is 2.54. The van der Waals surface area contributed by atoms with E-state index in [1.165, 1.54) is 12.1 Å². The molecule has 0 aliphatic rings. The predicted molar refractivity (Wildman–Crippen MR) is 88.8 cm³/mol. The number of benzene rings is 2. The molecule has 24 heavy (non-hydrogen) atoms. The van der Waals surface area contributed by atoms with Gasteiger partial charge in [-0.05, 0) is 37.0 Å². The smallest absolute Gasteiger partial charge is 0.395 e. The van der Waals surface area contributed by atoms with Gasteiger partial charge in [-0.3, -0.25) is 0 Å². The third-order valence-corrected chi connectivity index (χ3v) is 3.86. The van der Waals surface area contributed by atoms with Crippen molar-refractivity contribution in [3.05, 3.63) is 71.3 Å². The number of aliphatic hydroxyl groups excluding tert-OH is 1. The van der Waals surface area contributed by atoms with Crippen LogP contribution in [0.2, 0.25) is 0 Å². The molecule has 0 radical (unpaired) electrons. The molecule has 0 aliphatic carbocycles. The molecule has 0 amide bonds. The highest BCUT2D eigenvalue weighted by atomic mass is 19.4. The van der Waals surface area contributed by atoms with E-state index in [9.17, 15) is 18.3 Å². The first-order valence-corrected chi connectivity index (χ1v) is 7.95. The topological polar surface area (TPSA) is 32.3 Å². The van der Waals surface area contributed by atoms with Crippen LogP contribution >= 0.6 is 0 Å². The van der Waals surface area contributed by atoms with Gasteiger partial charge in [-0.2, -0.15) is 13.2 Å². The molecular formula is C19H22F3NO. The summed E-state index contributed by atoms with van der Waals surface area (Å²) >= 11 is 0. The third kappa shape index (κ3) is 5.65. The minimum atomic E-state index is -4.33. The van der Waals surface area contributed by atoms with Crippen molar-refractivity contribution < 1.29 is 18.3 Å². The Labute approximate surface area is 140 Å². The number of alkyl halides is 3. The van der Waals surface area contributed by atoms with E-state index in [0.29, 0.717) is 18.4 Å².